The van der Waals surface area contributed by atoms with Crippen LogP contribution < -0.4 is 5.32 Å². The van der Waals surface area contributed by atoms with E-state index in [2.05, 4.69) is 31.3 Å². The Labute approximate surface area is 125 Å². The first-order valence-electron chi connectivity index (χ1n) is 7.77. The van der Waals surface area contributed by atoms with Crippen molar-refractivity contribution in [3.05, 3.63) is 21.9 Å². The van der Waals surface area contributed by atoms with Crippen LogP contribution in [0.25, 0.3) is 0 Å². The van der Waals surface area contributed by atoms with E-state index in [9.17, 15) is 0 Å². The average Bonchev–Trinajstić information content (AvgIpc) is 3.12. The number of ether oxygens (including phenoxy) is 2. The Hall–Kier alpha value is -0.420. The Morgan fingerprint density at radius 1 is 1.20 bits per heavy atom. The zero-order valence-electron chi connectivity index (χ0n) is 12.4. The highest BCUT2D eigenvalue weighted by Gasteiger charge is 2.25. The Morgan fingerprint density at radius 2 is 1.90 bits per heavy atom. The lowest BCUT2D eigenvalue weighted by Gasteiger charge is -2.31. The summed E-state index contributed by atoms with van der Waals surface area (Å²) in [5.41, 5.74) is 0. The van der Waals surface area contributed by atoms with E-state index in [1.165, 1.54) is 22.6 Å². The number of hydrogen-bond acceptors (Lipinski definition) is 4. The molecule has 0 aromatic carbocycles. The Kier molecular flexibility index (Phi) is 4.76. The van der Waals surface area contributed by atoms with Crippen LogP contribution in [0.4, 0.5) is 0 Å². The second-order valence-corrected chi connectivity index (χ2v) is 7.44. The topological polar surface area (TPSA) is 30.5 Å². The molecule has 2 fully saturated rings. The molecule has 2 aliphatic rings. The van der Waals surface area contributed by atoms with Crippen LogP contribution in [0.5, 0.6) is 0 Å². The number of hydrogen-bond donors (Lipinski definition) is 1. The van der Waals surface area contributed by atoms with E-state index in [0.717, 1.165) is 32.0 Å². The molecule has 3 rings (SSSR count). The molecular formula is C16H25NO2S. The fourth-order valence-electron chi connectivity index (χ4n) is 2.81. The summed E-state index contributed by atoms with van der Waals surface area (Å²) in [6, 6.07) is 5.22. The largest absolute Gasteiger partial charge is 0.375 e. The molecule has 0 radical (unpaired) electrons. The summed E-state index contributed by atoms with van der Waals surface area (Å²) < 4.78 is 11.8. The van der Waals surface area contributed by atoms with Crippen LogP contribution in [0.3, 0.4) is 0 Å². The van der Waals surface area contributed by atoms with Gasteiger partial charge in [0.1, 0.15) is 0 Å². The summed E-state index contributed by atoms with van der Waals surface area (Å²) in [6.45, 7) is 6.04. The van der Waals surface area contributed by atoms with Gasteiger partial charge in [0, 0.05) is 22.3 Å². The molecule has 0 spiro atoms. The molecule has 0 amide bonds. The fourth-order valence-corrected chi connectivity index (χ4v) is 3.70. The van der Waals surface area contributed by atoms with Crippen molar-refractivity contribution in [2.75, 3.05) is 0 Å². The summed E-state index contributed by atoms with van der Waals surface area (Å²) in [5, 5.41) is 3.56. The molecule has 1 aromatic rings. The fraction of sp³-hybridized carbons (Fsp3) is 0.750. The third kappa shape index (κ3) is 4.29. The Balaban J connectivity index is 1.43. The van der Waals surface area contributed by atoms with Crippen LogP contribution in [-0.2, 0) is 22.6 Å². The van der Waals surface area contributed by atoms with E-state index in [-0.39, 0.29) is 0 Å². The molecule has 1 saturated carbocycles. The van der Waals surface area contributed by atoms with Gasteiger partial charge in [-0.2, -0.15) is 0 Å². The minimum Gasteiger partial charge on any atom is -0.375 e. The highest BCUT2D eigenvalue weighted by atomic mass is 32.1. The van der Waals surface area contributed by atoms with Crippen LogP contribution >= 0.6 is 11.3 Å². The zero-order valence-corrected chi connectivity index (χ0v) is 13.2. The SMILES string of the molecule is CC1CC(OCc2ccc(CNC3CC3)s2)CC(C)O1. The number of thiophene rings is 1. The molecule has 2 atom stereocenters. The molecule has 2 heterocycles. The molecule has 0 bridgehead atoms. The molecule has 1 saturated heterocycles. The van der Waals surface area contributed by atoms with Crippen LogP contribution in [-0.4, -0.2) is 24.4 Å². The third-order valence-corrected chi connectivity index (χ3v) is 5.03. The monoisotopic (exact) mass is 295 g/mol. The van der Waals surface area contributed by atoms with E-state index in [1.54, 1.807) is 0 Å². The van der Waals surface area contributed by atoms with Crippen molar-refractivity contribution in [1.29, 1.82) is 0 Å². The predicted octanol–water partition coefficient (Wildman–Crippen LogP) is 3.47. The first-order chi connectivity index (χ1) is 9.69. The second-order valence-electron chi connectivity index (χ2n) is 6.18. The van der Waals surface area contributed by atoms with Gasteiger partial charge in [0.15, 0.2) is 0 Å². The number of nitrogens with one attached hydrogen (secondary N) is 1. The predicted molar refractivity (Wildman–Crippen MR) is 82.0 cm³/mol. The summed E-state index contributed by atoms with van der Waals surface area (Å²) in [5.74, 6) is 0. The molecule has 112 valence electrons. The van der Waals surface area contributed by atoms with Crippen LogP contribution in [0.1, 0.15) is 49.3 Å². The maximum Gasteiger partial charge on any atom is 0.0813 e. The molecule has 1 aliphatic carbocycles. The van der Waals surface area contributed by atoms with Crippen molar-refractivity contribution in [1.82, 2.24) is 5.32 Å². The minimum atomic E-state index is 0.324. The van der Waals surface area contributed by atoms with Gasteiger partial charge in [-0.1, -0.05) is 0 Å². The normalized spacial score (nSPS) is 30.6. The molecule has 1 aromatic heterocycles. The number of rotatable bonds is 6. The summed E-state index contributed by atoms with van der Waals surface area (Å²) in [6.07, 6.45) is 5.74. The molecule has 4 heteroatoms. The van der Waals surface area contributed by atoms with E-state index < -0.39 is 0 Å². The van der Waals surface area contributed by atoms with E-state index >= 15 is 0 Å². The van der Waals surface area contributed by atoms with Gasteiger partial charge in [-0.3, -0.25) is 0 Å². The highest BCUT2D eigenvalue weighted by Crippen LogP contribution is 2.25. The summed E-state index contributed by atoms with van der Waals surface area (Å²) >= 11 is 1.87. The maximum atomic E-state index is 6.07. The summed E-state index contributed by atoms with van der Waals surface area (Å²) in [4.78, 5) is 2.76. The molecule has 1 aliphatic heterocycles. The quantitative estimate of drug-likeness (QED) is 0.871. The van der Waals surface area contributed by atoms with Gasteiger partial charge in [0.25, 0.3) is 0 Å². The van der Waals surface area contributed by atoms with Crippen LogP contribution in [0.2, 0.25) is 0 Å². The first-order valence-corrected chi connectivity index (χ1v) is 8.58. The molecule has 2 unspecified atom stereocenters. The lowest BCUT2D eigenvalue weighted by molar-refractivity contribution is -0.105. The van der Waals surface area contributed by atoms with Crippen molar-refractivity contribution >= 4 is 11.3 Å². The zero-order chi connectivity index (χ0) is 13.9. The maximum absolute atomic E-state index is 6.07. The van der Waals surface area contributed by atoms with Gasteiger partial charge in [0.05, 0.1) is 24.9 Å². The lowest BCUT2D eigenvalue weighted by atomic mass is 10.0. The smallest absolute Gasteiger partial charge is 0.0813 e. The van der Waals surface area contributed by atoms with Crippen molar-refractivity contribution in [3.8, 4) is 0 Å². The van der Waals surface area contributed by atoms with Gasteiger partial charge in [-0.15, -0.1) is 11.3 Å². The minimum absolute atomic E-state index is 0.324. The highest BCUT2D eigenvalue weighted by molar-refractivity contribution is 7.11. The standard InChI is InChI=1S/C16H25NO2S/c1-11-7-14(8-12(2)19-11)18-10-16-6-5-15(20-16)9-17-13-3-4-13/h5-6,11-14,17H,3-4,7-10H2,1-2H3. The van der Waals surface area contributed by atoms with Crippen molar-refractivity contribution in [2.45, 2.75) is 77.0 Å². The van der Waals surface area contributed by atoms with E-state index in [0.29, 0.717) is 18.3 Å². The van der Waals surface area contributed by atoms with Gasteiger partial charge in [-0.25, -0.2) is 0 Å². The molecule has 1 N–H and O–H groups in total. The van der Waals surface area contributed by atoms with E-state index in [4.69, 9.17) is 9.47 Å². The first kappa shape index (κ1) is 14.5. The lowest BCUT2D eigenvalue weighted by Crippen LogP contribution is -2.33. The summed E-state index contributed by atoms with van der Waals surface area (Å²) in [7, 11) is 0. The van der Waals surface area contributed by atoms with Crippen LogP contribution in [0, 0.1) is 0 Å². The van der Waals surface area contributed by atoms with Crippen molar-refractivity contribution in [2.24, 2.45) is 0 Å². The van der Waals surface area contributed by atoms with Crippen molar-refractivity contribution in [3.63, 3.8) is 0 Å². The van der Waals surface area contributed by atoms with Crippen molar-refractivity contribution < 1.29 is 9.47 Å². The Morgan fingerprint density at radius 3 is 2.60 bits per heavy atom. The molecular weight excluding hydrogens is 270 g/mol. The second kappa shape index (κ2) is 6.56. The van der Waals surface area contributed by atoms with E-state index in [1.807, 2.05) is 11.3 Å². The van der Waals surface area contributed by atoms with Gasteiger partial charge in [0.2, 0.25) is 0 Å². The molecule has 3 nitrogen and oxygen atoms in total. The van der Waals surface area contributed by atoms with Gasteiger partial charge in [-0.05, 0) is 51.7 Å². The average molecular weight is 295 g/mol. The Bertz CT molecular complexity index is 420. The van der Waals surface area contributed by atoms with Gasteiger partial charge < -0.3 is 14.8 Å². The molecule has 20 heavy (non-hydrogen) atoms. The van der Waals surface area contributed by atoms with Crippen LogP contribution in [0.15, 0.2) is 12.1 Å². The third-order valence-electron chi connectivity index (χ3n) is 3.98. The van der Waals surface area contributed by atoms with Gasteiger partial charge >= 0.3 is 0 Å².